The molecule has 0 aliphatic carbocycles. The fraction of sp³-hybridized carbons (Fsp3) is 0.375. The number of aryl methyl sites for hydroxylation is 1. The van der Waals surface area contributed by atoms with Crippen LogP contribution in [0.4, 0.5) is 5.82 Å². The molecule has 54 valence electrons. The summed E-state index contributed by atoms with van der Waals surface area (Å²) in [6, 6.07) is 3.65. The molecule has 1 aromatic heterocycles. The van der Waals surface area contributed by atoms with Crippen molar-refractivity contribution >= 4 is 5.82 Å². The number of nitrogens with zero attached hydrogens (tertiary/aromatic N) is 1. The van der Waals surface area contributed by atoms with E-state index < -0.39 is 0 Å². The zero-order valence-corrected chi connectivity index (χ0v) is 6.60. The van der Waals surface area contributed by atoms with Crippen LogP contribution in [-0.2, 0) is 0 Å². The van der Waals surface area contributed by atoms with Crippen molar-refractivity contribution in [1.29, 1.82) is 0 Å². The van der Waals surface area contributed by atoms with Gasteiger partial charge >= 0.3 is 0 Å². The van der Waals surface area contributed by atoms with Gasteiger partial charge in [-0.2, -0.15) is 0 Å². The predicted octanol–water partition coefficient (Wildman–Crippen LogP) is 2.90. The van der Waals surface area contributed by atoms with Crippen molar-refractivity contribution in [2.24, 2.45) is 0 Å². The first-order chi connectivity index (χ1) is 4.83. The van der Waals surface area contributed by atoms with Gasteiger partial charge in [0.1, 0.15) is 0 Å². The molecule has 1 aromatic rings. The van der Waals surface area contributed by atoms with Gasteiger partial charge in [0.2, 0.25) is 5.82 Å². The third kappa shape index (κ3) is 2.36. The van der Waals surface area contributed by atoms with Crippen LogP contribution in [0.2, 0.25) is 0 Å². The molecule has 0 unspecified atom stereocenters. The average molecular weight is 136 g/mol. The van der Waals surface area contributed by atoms with E-state index in [0.717, 1.165) is 5.69 Å². The Hall–Kier alpha value is -1.23. The Kier molecular flexibility index (Phi) is 4.06. The normalized spacial score (nSPS) is 7.40. The third-order valence-electron chi connectivity index (χ3n) is 0.937. The SMILES string of the molecule is CC.[C-]#[N+]c1ccc(C)[nH]1. The van der Waals surface area contributed by atoms with Crippen molar-refractivity contribution in [3.05, 3.63) is 29.2 Å². The molecule has 0 radical (unpaired) electrons. The first-order valence-electron chi connectivity index (χ1n) is 3.36. The highest BCUT2D eigenvalue weighted by Crippen LogP contribution is 2.08. The molecule has 0 aliphatic rings. The van der Waals surface area contributed by atoms with E-state index in [2.05, 4.69) is 9.83 Å². The van der Waals surface area contributed by atoms with Gasteiger partial charge in [0.05, 0.1) is 5.69 Å². The summed E-state index contributed by atoms with van der Waals surface area (Å²) in [5.41, 5.74) is 1.04. The van der Waals surface area contributed by atoms with E-state index in [1.165, 1.54) is 0 Å². The maximum Gasteiger partial charge on any atom is 0.228 e. The predicted molar refractivity (Wildman–Crippen MR) is 43.1 cm³/mol. The standard InChI is InChI=1S/C6H6N2.C2H6/c1-5-3-4-6(7-2)8-5;1-2/h3-4,8H,1H3;1-2H3. The number of aromatic amines is 1. The molecule has 2 heteroatoms. The third-order valence-corrected chi connectivity index (χ3v) is 0.937. The van der Waals surface area contributed by atoms with E-state index in [1.54, 1.807) is 6.07 Å². The number of hydrogen-bond acceptors (Lipinski definition) is 0. The van der Waals surface area contributed by atoms with Gasteiger partial charge in [0, 0.05) is 0 Å². The van der Waals surface area contributed by atoms with Gasteiger partial charge in [-0.15, -0.1) is 0 Å². The van der Waals surface area contributed by atoms with Crippen LogP contribution in [-0.4, -0.2) is 4.98 Å². The van der Waals surface area contributed by atoms with Crippen LogP contribution in [0.3, 0.4) is 0 Å². The zero-order chi connectivity index (χ0) is 7.98. The first kappa shape index (κ1) is 8.77. The van der Waals surface area contributed by atoms with E-state index >= 15 is 0 Å². The Morgan fingerprint density at radius 2 is 2.00 bits per heavy atom. The number of H-pyrrole nitrogens is 1. The Bertz CT molecular complexity index is 217. The molecular formula is C8H12N2. The van der Waals surface area contributed by atoms with Crippen LogP contribution in [0.25, 0.3) is 4.85 Å². The monoisotopic (exact) mass is 136 g/mol. The maximum atomic E-state index is 6.55. The van der Waals surface area contributed by atoms with Gasteiger partial charge in [-0.3, -0.25) is 0 Å². The molecule has 0 atom stereocenters. The molecule has 1 rings (SSSR count). The fourth-order valence-corrected chi connectivity index (χ4v) is 0.554. The van der Waals surface area contributed by atoms with Crippen molar-refractivity contribution in [3.8, 4) is 0 Å². The highest BCUT2D eigenvalue weighted by molar-refractivity contribution is 5.37. The molecule has 10 heavy (non-hydrogen) atoms. The summed E-state index contributed by atoms with van der Waals surface area (Å²) in [5, 5.41) is 0. The van der Waals surface area contributed by atoms with Crippen LogP contribution < -0.4 is 0 Å². The molecule has 0 fully saturated rings. The molecule has 1 heterocycles. The van der Waals surface area contributed by atoms with Gasteiger partial charge in [-0.25, -0.2) is 0 Å². The number of rotatable bonds is 0. The largest absolute Gasteiger partial charge is 0.364 e. The minimum atomic E-state index is 0.613. The molecular weight excluding hydrogens is 124 g/mol. The minimum absolute atomic E-state index is 0.613. The zero-order valence-electron chi connectivity index (χ0n) is 6.60. The first-order valence-corrected chi connectivity index (χ1v) is 3.36. The second-order valence-corrected chi connectivity index (χ2v) is 1.64. The molecule has 2 nitrogen and oxygen atoms in total. The summed E-state index contributed by atoms with van der Waals surface area (Å²) in [6.45, 7) is 12.5. The summed E-state index contributed by atoms with van der Waals surface area (Å²) in [4.78, 5) is 6.06. The number of hydrogen-bond donors (Lipinski definition) is 1. The molecule has 0 aliphatic heterocycles. The van der Waals surface area contributed by atoms with Gasteiger partial charge in [-0.1, -0.05) is 20.4 Å². The molecule has 1 N–H and O–H groups in total. The lowest BCUT2D eigenvalue weighted by atomic mass is 10.5. The minimum Gasteiger partial charge on any atom is -0.364 e. The van der Waals surface area contributed by atoms with Gasteiger partial charge in [0.25, 0.3) is 0 Å². The van der Waals surface area contributed by atoms with Gasteiger partial charge in [-0.05, 0) is 19.1 Å². The van der Waals surface area contributed by atoms with Crippen LogP contribution in [0.5, 0.6) is 0 Å². The van der Waals surface area contributed by atoms with Crippen LogP contribution >= 0.6 is 0 Å². The Balaban J connectivity index is 0.000000371. The summed E-state index contributed by atoms with van der Waals surface area (Å²) in [5.74, 6) is 0.613. The molecule has 0 spiro atoms. The number of nitrogens with one attached hydrogen (secondary N) is 1. The lowest BCUT2D eigenvalue weighted by molar-refractivity contribution is 1.28. The Morgan fingerprint density at radius 1 is 1.40 bits per heavy atom. The topological polar surface area (TPSA) is 20.1 Å². The van der Waals surface area contributed by atoms with E-state index in [4.69, 9.17) is 6.57 Å². The lowest BCUT2D eigenvalue weighted by Crippen LogP contribution is -1.62. The van der Waals surface area contributed by atoms with Gasteiger partial charge in [0.15, 0.2) is 0 Å². The molecule has 0 bridgehead atoms. The van der Waals surface area contributed by atoms with Crippen LogP contribution in [0.15, 0.2) is 12.1 Å². The van der Waals surface area contributed by atoms with Crippen LogP contribution in [0, 0.1) is 13.5 Å². The summed E-state index contributed by atoms with van der Waals surface area (Å²) in [7, 11) is 0. The molecule has 0 saturated carbocycles. The average Bonchev–Trinajstić information content (AvgIpc) is 2.40. The Labute approximate surface area is 61.7 Å². The summed E-state index contributed by atoms with van der Waals surface area (Å²) >= 11 is 0. The summed E-state index contributed by atoms with van der Waals surface area (Å²) < 4.78 is 0. The molecule has 0 saturated heterocycles. The van der Waals surface area contributed by atoms with Crippen molar-refractivity contribution in [2.75, 3.05) is 0 Å². The smallest absolute Gasteiger partial charge is 0.228 e. The second kappa shape index (κ2) is 4.63. The van der Waals surface area contributed by atoms with E-state index in [-0.39, 0.29) is 0 Å². The summed E-state index contributed by atoms with van der Waals surface area (Å²) in [6.07, 6.45) is 0. The maximum absolute atomic E-state index is 6.55. The quantitative estimate of drug-likeness (QED) is 0.529. The van der Waals surface area contributed by atoms with Crippen LogP contribution in [0.1, 0.15) is 19.5 Å². The van der Waals surface area contributed by atoms with Crippen molar-refractivity contribution in [2.45, 2.75) is 20.8 Å². The highest BCUT2D eigenvalue weighted by Gasteiger charge is 1.88. The lowest BCUT2D eigenvalue weighted by Gasteiger charge is -1.75. The fourth-order valence-electron chi connectivity index (χ4n) is 0.554. The van der Waals surface area contributed by atoms with E-state index in [0.29, 0.717) is 5.82 Å². The van der Waals surface area contributed by atoms with Crippen molar-refractivity contribution in [1.82, 2.24) is 4.98 Å². The number of aromatic nitrogens is 1. The van der Waals surface area contributed by atoms with E-state index in [1.807, 2.05) is 26.8 Å². The van der Waals surface area contributed by atoms with Gasteiger partial charge < -0.3 is 9.83 Å². The van der Waals surface area contributed by atoms with E-state index in [9.17, 15) is 0 Å². The molecule has 0 amide bonds. The van der Waals surface area contributed by atoms with Crippen molar-refractivity contribution in [3.63, 3.8) is 0 Å². The molecule has 0 aromatic carbocycles. The highest BCUT2D eigenvalue weighted by atomic mass is 14.9. The van der Waals surface area contributed by atoms with Crippen molar-refractivity contribution < 1.29 is 0 Å². The Morgan fingerprint density at radius 3 is 2.20 bits per heavy atom. The second-order valence-electron chi connectivity index (χ2n) is 1.64.